The maximum absolute atomic E-state index is 12.9. The Morgan fingerprint density at radius 3 is 2.68 bits per heavy atom. The van der Waals surface area contributed by atoms with E-state index in [9.17, 15) is 4.79 Å². The second kappa shape index (κ2) is 6.85. The summed E-state index contributed by atoms with van der Waals surface area (Å²) in [5.41, 5.74) is 2.99. The fraction of sp³-hybridized carbons (Fsp3) is 0.500. The highest BCUT2D eigenvalue weighted by molar-refractivity contribution is 5.90. The van der Waals surface area contributed by atoms with Crippen LogP contribution in [0.5, 0.6) is 0 Å². The van der Waals surface area contributed by atoms with Gasteiger partial charge < -0.3 is 15.0 Å². The number of aromatic nitrogens is 2. The smallest absolute Gasteiger partial charge is 0.322 e. The number of hydrogen-bond donors (Lipinski definition) is 1. The summed E-state index contributed by atoms with van der Waals surface area (Å²) in [4.78, 5) is 23.7. The fourth-order valence-corrected chi connectivity index (χ4v) is 4.96. The zero-order valence-electron chi connectivity index (χ0n) is 16.2. The maximum atomic E-state index is 12.9. The molecule has 6 heteroatoms. The zero-order chi connectivity index (χ0) is 19.1. The van der Waals surface area contributed by atoms with Crippen LogP contribution in [0.1, 0.15) is 37.8 Å². The van der Waals surface area contributed by atoms with Crippen LogP contribution in [-0.4, -0.2) is 46.2 Å². The highest BCUT2D eigenvalue weighted by Gasteiger charge is 2.60. The fourth-order valence-electron chi connectivity index (χ4n) is 4.96. The van der Waals surface area contributed by atoms with Crippen molar-refractivity contribution >= 4 is 11.7 Å². The lowest BCUT2D eigenvalue weighted by atomic mass is 9.56. The number of nitrogens with one attached hydrogen (secondary N) is 1. The van der Waals surface area contributed by atoms with Crippen molar-refractivity contribution in [3.05, 3.63) is 42.2 Å². The Balaban J connectivity index is 1.27. The van der Waals surface area contributed by atoms with Gasteiger partial charge in [-0.2, -0.15) is 0 Å². The van der Waals surface area contributed by atoms with Crippen molar-refractivity contribution < 1.29 is 9.53 Å². The summed E-state index contributed by atoms with van der Waals surface area (Å²) in [5, 5.41) is 3.06. The Kier molecular flexibility index (Phi) is 4.31. The molecule has 2 amide bonds. The number of benzene rings is 1. The summed E-state index contributed by atoms with van der Waals surface area (Å²) >= 11 is 0. The van der Waals surface area contributed by atoms with Gasteiger partial charge in [0, 0.05) is 41.7 Å². The minimum absolute atomic E-state index is 0.0161. The van der Waals surface area contributed by atoms with E-state index in [0.717, 1.165) is 42.9 Å². The molecule has 28 heavy (non-hydrogen) atoms. The quantitative estimate of drug-likeness (QED) is 0.876. The van der Waals surface area contributed by atoms with Gasteiger partial charge in [-0.05, 0) is 62.9 Å². The maximum Gasteiger partial charge on any atom is 0.322 e. The van der Waals surface area contributed by atoms with Crippen molar-refractivity contribution in [3.63, 3.8) is 0 Å². The van der Waals surface area contributed by atoms with Gasteiger partial charge in [-0.1, -0.05) is 6.42 Å². The summed E-state index contributed by atoms with van der Waals surface area (Å²) in [7, 11) is 0. The minimum Gasteiger partial charge on any atom is -0.376 e. The predicted octanol–water partition coefficient (Wildman–Crippen LogP) is 4.02. The van der Waals surface area contributed by atoms with Crippen molar-refractivity contribution in [3.8, 4) is 11.4 Å². The number of carbonyl (C=O) groups excluding carboxylic acids is 1. The molecule has 2 atom stereocenters. The SMILES string of the molecule is Cc1ccnc(-c2ccc(NC(=O)N3CC4(CCC4)C3C3CCCO3)cc2)n1. The third-order valence-corrected chi connectivity index (χ3v) is 6.56. The van der Waals surface area contributed by atoms with E-state index in [0.29, 0.717) is 11.2 Å². The molecule has 1 N–H and O–H groups in total. The first-order chi connectivity index (χ1) is 13.6. The number of anilines is 1. The normalized spacial score (nSPS) is 25.2. The monoisotopic (exact) mass is 378 g/mol. The number of hydrogen-bond acceptors (Lipinski definition) is 4. The third kappa shape index (κ3) is 2.96. The van der Waals surface area contributed by atoms with Crippen LogP contribution in [0, 0.1) is 12.3 Å². The number of aryl methyl sites for hydroxylation is 1. The summed E-state index contributed by atoms with van der Waals surface area (Å²) in [5.74, 6) is 0.700. The molecular weight excluding hydrogens is 352 g/mol. The van der Waals surface area contributed by atoms with Crippen molar-refractivity contribution in [1.82, 2.24) is 14.9 Å². The molecule has 2 saturated heterocycles. The molecule has 146 valence electrons. The Bertz CT molecular complexity index is 872. The number of rotatable bonds is 3. The van der Waals surface area contributed by atoms with E-state index in [4.69, 9.17) is 4.74 Å². The number of nitrogens with zero attached hydrogens (tertiary/aromatic N) is 3. The van der Waals surface area contributed by atoms with Crippen LogP contribution in [0.15, 0.2) is 36.5 Å². The van der Waals surface area contributed by atoms with Crippen LogP contribution in [0.3, 0.4) is 0 Å². The number of carbonyl (C=O) groups is 1. The molecule has 1 aromatic heterocycles. The van der Waals surface area contributed by atoms with E-state index in [1.54, 1.807) is 6.20 Å². The van der Waals surface area contributed by atoms with E-state index < -0.39 is 0 Å². The van der Waals surface area contributed by atoms with Gasteiger partial charge in [-0.3, -0.25) is 0 Å². The van der Waals surface area contributed by atoms with Gasteiger partial charge in [0.15, 0.2) is 5.82 Å². The number of amides is 2. The molecule has 3 heterocycles. The highest BCUT2D eigenvalue weighted by Crippen LogP contribution is 2.55. The van der Waals surface area contributed by atoms with Gasteiger partial charge in [-0.15, -0.1) is 0 Å². The van der Waals surface area contributed by atoms with Crippen LogP contribution in [0.4, 0.5) is 10.5 Å². The van der Waals surface area contributed by atoms with Gasteiger partial charge in [0.05, 0.1) is 12.1 Å². The molecule has 0 bridgehead atoms. The van der Waals surface area contributed by atoms with Crippen LogP contribution in [0.25, 0.3) is 11.4 Å². The van der Waals surface area contributed by atoms with Crippen molar-refractivity contribution in [2.75, 3.05) is 18.5 Å². The zero-order valence-corrected chi connectivity index (χ0v) is 16.2. The Morgan fingerprint density at radius 1 is 1.21 bits per heavy atom. The van der Waals surface area contributed by atoms with Crippen molar-refractivity contribution in [2.24, 2.45) is 5.41 Å². The highest BCUT2D eigenvalue weighted by atomic mass is 16.5. The molecule has 1 spiro atoms. The van der Waals surface area contributed by atoms with E-state index in [-0.39, 0.29) is 18.2 Å². The van der Waals surface area contributed by atoms with E-state index in [1.807, 2.05) is 42.2 Å². The summed E-state index contributed by atoms with van der Waals surface area (Å²) < 4.78 is 5.96. The number of likely N-dealkylation sites (tertiary alicyclic amines) is 1. The molecule has 1 saturated carbocycles. The van der Waals surface area contributed by atoms with Crippen LogP contribution < -0.4 is 5.32 Å². The second-order valence-electron chi connectivity index (χ2n) is 8.37. The third-order valence-electron chi connectivity index (χ3n) is 6.56. The van der Waals surface area contributed by atoms with E-state index in [2.05, 4.69) is 15.3 Å². The van der Waals surface area contributed by atoms with Crippen LogP contribution >= 0.6 is 0 Å². The van der Waals surface area contributed by atoms with Gasteiger partial charge in [0.1, 0.15) is 0 Å². The molecular formula is C22H26N4O2. The van der Waals surface area contributed by atoms with E-state index in [1.165, 1.54) is 19.3 Å². The van der Waals surface area contributed by atoms with E-state index >= 15 is 0 Å². The summed E-state index contributed by atoms with van der Waals surface area (Å²) in [6, 6.07) is 9.83. The van der Waals surface area contributed by atoms with Crippen molar-refractivity contribution in [1.29, 1.82) is 0 Å². The van der Waals surface area contributed by atoms with Gasteiger partial charge >= 0.3 is 6.03 Å². The molecule has 1 aromatic carbocycles. The largest absolute Gasteiger partial charge is 0.376 e. The van der Waals surface area contributed by atoms with Gasteiger partial charge in [0.25, 0.3) is 0 Å². The predicted molar refractivity (Wildman–Crippen MR) is 107 cm³/mol. The Morgan fingerprint density at radius 2 is 2.04 bits per heavy atom. The first-order valence-corrected chi connectivity index (χ1v) is 10.2. The number of urea groups is 1. The minimum atomic E-state index is -0.0161. The standard InChI is InChI=1S/C22H26N4O2/c1-15-9-12-23-20(24-15)16-5-7-17(8-6-16)25-21(27)26-14-22(10-3-11-22)19(26)18-4-2-13-28-18/h5-9,12,18-19H,2-4,10-11,13-14H2,1H3,(H,25,27). The lowest BCUT2D eigenvalue weighted by Crippen LogP contribution is -2.73. The topological polar surface area (TPSA) is 67.4 Å². The molecule has 6 nitrogen and oxygen atoms in total. The van der Waals surface area contributed by atoms with Gasteiger partial charge in [-0.25, -0.2) is 14.8 Å². The Labute approximate surface area is 165 Å². The molecule has 5 rings (SSSR count). The molecule has 2 aromatic rings. The van der Waals surface area contributed by atoms with Crippen LogP contribution in [-0.2, 0) is 4.74 Å². The first kappa shape index (κ1) is 17.6. The molecule has 1 aliphatic carbocycles. The Hall–Kier alpha value is -2.47. The van der Waals surface area contributed by atoms with Crippen molar-refractivity contribution in [2.45, 2.75) is 51.2 Å². The lowest BCUT2D eigenvalue weighted by molar-refractivity contribution is -0.146. The van der Waals surface area contributed by atoms with Gasteiger partial charge in [0.2, 0.25) is 0 Å². The summed E-state index contributed by atoms with van der Waals surface area (Å²) in [6.45, 7) is 3.64. The number of ether oxygens (including phenoxy) is 1. The lowest BCUT2D eigenvalue weighted by Gasteiger charge is -2.63. The average molecular weight is 378 g/mol. The second-order valence-corrected chi connectivity index (χ2v) is 8.37. The molecule has 3 fully saturated rings. The average Bonchev–Trinajstić information content (AvgIpc) is 3.14. The van der Waals surface area contributed by atoms with Crippen LogP contribution in [0.2, 0.25) is 0 Å². The first-order valence-electron chi connectivity index (χ1n) is 10.2. The molecule has 2 unspecified atom stereocenters. The molecule has 3 aliphatic rings. The summed E-state index contributed by atoms with van der Waals surface area (Å²) in [6.07, 6.45) is 7.89. The molecule has 2 aliphatic heterocycles. The molecule has 0 radical (unpaired) electrons.